The van der Waals surface area contributed by atoms with E-state index in [1.807, 2.05) is 13.0 Å². The second-order valence-electron chi connectivity index (χ2n) is 5.50. The van der Waals surface area contributed by atoms with Crippen molar-refractivity contribution in [3.8, 4) is 5.75 Å². The number of hydrogen-bond acceptors (Lipinski definition) is 4. The molecule has 0 radical (unpaired) electrons. The highest BCUT2D eigenvalue weighted by atomic mass is 79.9. The average molecular weight is 405 g/mol. The summed E-state index contributed by atoms with van der Waals surface area (Å²) in [6.07, 6.45) is 1.24. The molecule has 1 aliphatic rings. The number of carbonyl (C=O) groups is 2. The quantitative estimate of drug-likeness (QED) is 0.723. The van der Waals surface area contributed by atoms with E-state index < -0.39 is 0 Å². The normalized spacial score (nSPS) is 15.4. The molecule has 1 saturated heterocycles. The Morgan fingerprint density at radius 1 is 1.35 bits per heavy atom. The summed E-state index contributed by atoms with van der Waals surface area (Å²) >= 11 is 9.50. The number of halogens is 2. The van der Waals surface area contributed by atoms with Crippen molar-refractivity contribution in [3.63, 3.8) is 0 Å². The second-order valence-corrected chi connectivity index (χ2v) is 6.82. The maximum Gasteiger partial charge on any atom is 0.308 e. The van der Waals surface area contributed by atoms with Gasteiger partial charge in [0.2, 0.25) is 0 Å². The van der Waals surface area contributed by atoms with Gasteiger partial charge in [0.15, 0.2) is 6.61 Å². The van der Waals surface area contributed by atoms with Crippen LogP contribution in [0.1, 0.15) is 18.4 Å². The maximum atomic E-state index is 12.2. The topological polar surface area (TPSA) is 55.8 Å². The van der Waals surface area contributed by atoms with Crippen LogP contribution < -0.4 is 4.74 Å². The number of ether oxygens (including phenoxy) is 2. The van der Waals surface area contributed by atoms with E-state index in [0.717, 1.165) is 10.0 Å². The summed E-state index contributed by atoms with van der Waals surface area (Å²) in [6, 6.07) is 3.61. The van der Waals surface area contributed by atoms with Crippen LogP contribution in [0.25, 0.3) is 0 Å². The van der Waals surface area contributed by atoms with Gasteiger partial charge in [0.05, 0.1) is 18.1 Å². The van der Waals surface area contributed by atoms with E-state index in [-0.39, 0.29) is 24.4 Å². The number of aryl methyl sites for hydroxylation is 1. The SMILES string of the molecule is COC(=O)C1CCN(C(=O)COc2c(C)cc(Br)cc2Cl)CC1. The van der Waals surface area contributed by atoms with Crippen LogP contribution in [-0.2, 0) is 14.3 Å². The van der Waals surface area contributed by atoms with Crippen LogP contribution in [-0.4, -0.2) is 43.6 Å². The minimum Gasteiger partial charge on any atom is -0.482 e. The van der Waals surface area contributed by atoms with Crippen molar-refractivity contribution in [2.45, 2.75) is 19.8 Å². The molecular weight excluding hydrogens is 386 g/mol. The lowest BCUT2D eigenvalue weighted by molar-refractivity contribution is -0.149. The molecule has 0 atom stereocenters. The monoisotopic (exact) mass is 403 g/mol. The molecule has 0 aliphatic carbocycles. The van der Waals surface area contributed by atoms with Crippen LogP contribution in [0.3, 0.4) is 0 Å². The van der Waals surface area contributed by atoms with Crippen LogP contribution in [0, 0.1) is 12.8 Å². The zero-order valence-electron chi connectivity index (χ0n) is 13.1. The summed E-state index contributed by atoms with van der Waals surface area (Å²) in [5.41, 5.74) is 0.863. The van der Waals surface area contributed by atoms with Crippen LogP contribution in [0.2, 0.25) is 5.02 Å². The third-order valence-electron chi connectivity index (χ3n) is 3.92. The smallest absolute Gasteiger partial charge is 0.308 e. The number of benzene rings is 1. The maximum absolute atomic E-state index is 12.2. The molecule has 0 bridgehead atoms. The molecule has 5 nitrogen and oxygen atoms in total. The molecule has 0 saturated carbocycles. The van der Waals surface area contributed by atoms with E-state index in [4.69, 9.17) is 21.1 Å². The number of nitrogens with zero attached hydrogens (tertiary/aromatic N) is 1. The van der Waals surface area contributed by atoms with Gasteiger partial charge in [0, 0.05) is 17.6 Å². The van der Waals surface area contributed by atoms with Gasteiger partial charge in [-0.1, -0.05) is 27.5 Å². The van der Waals surface area contributed by atoms with Crippen LogP contribution in [0.4, 0.5) is 0 Å². The van der Waals surface area contributed by atoms with Gasteiger partial charge in [0.25, 0.3) is 5.91 Å². The van der Waals surface area contributed by atoms with Crippen molar-refractivity contribution < 1.29 is 19.1 Å². The van der Waals surface area contributed by atoms with Crippen molar-refractivity contribution in [1.82, 2.24) is 4.90 Å². The molecule has 0 spiro atoms. The molecule has 0 unspecified atom stereocenters. The highest BCUT2D eigenvalue weighted by Gasteiger charge is 2.28. The Hall–Kier alpha value is -1.27. The number of hydrogen-bond donors (Lipinski definition) is 0. The summed E-state index contributed by atoms with van der Waals surface area (Å²) in [5.74, 6) is 0.0955. The van der Waals surface area contributed by atoms with Crippen LogP contribution in [0.15, 0.2) is 16.6 Å². The van der Waals surface area contributed by atoms with Crippen molar-refractivity contribution in [3.05, 3.63) is 27.2 Å². The fraction of sp³-hybridized carbons (Fsp3) is 0.500. The molecule has 126 valence electrons. The summed E-state index contributed by atoms with van der Waals surface area (Å²) in [4.78, 5) is 25.4. The minimum atomic E-state index is -0.203. The first-order valence-corrected chi connectivity index (χ1v) is 8.53. The Balaban J connectivity index is 1.88. The summed E-state index contributed by atoms with van der Waals surface area (Å²) in [7, 11) is 1.39. The van der Waals surface area contributed by atoms with E-state index in [1.165, 1.54) is 7.11 Å². The third-order valence-corrected chi connectivity index (χ3v) is 4.65. The summed E-state index contributed by atoms with van der Waals surface area (Å²) in [6.45, 7) is 2.88. The molecule has 1 heterocycles. The molecule has 1 aromatic rings. The Bertz CT molecular complexity index is 577. The van der Waals surface area contributed by atoms with Gasteiger partial charge in [-0.3, -0.25) is 9.59 Å². The zero-order chi connectivity index (χ0) is 17.0. The molecule has 1 fully saturated rings. The van der Waals surface area contributed by atoms with E-state index in [9.17, 15) is 9.59 Å². The van der Waals surface area contributed by atoms with Crippen LogP contribution in [0.5, 0.6) is 5.75 Å². The van der Waals surface area contributed by atoms with Crippen LogP contribution >= 0.6 is 27.5 Å². The number of piperidine rings is 1. The first-order chi connectivity index (χ1) is 10.9. The number of esters is 1. The van der Waals surface area contributed by atoms with Gasteiger partial charge in [-0.2, -0.15) is 0 Å². The Morgan fingerprint density at radius 2 is 2.00 bits per heavy atom. The van der Waals surface area contributed by atoms with E-state index in [0.29, 0.717) is 36.7 Å². The van der Waals surface area contributed by atoms with Gasteiger partial charge >= 0.3 is 5.97 Å². The van der Waals surface area contributed by atoms with Gasteiger partial charge < -0.3 is 14.4 Å². The van der Waals surface area contributed by atoms with E-state index >= 15 is 0 Å². The molecule has 0 N–H and O–H groups in total. The molecule has 1 amide bonds. The van der Waals surface area contributed by atoms with Gasteiger partial charge in [0.1, 0.15) is 5.75 Å². The molecule has 7 heteroatoms. The number of carbonyl (C=O) groups excluding carboxylic acids is 2. The fourth-order valence-electron chi connectivity index (χ4n) is 2.63. The predicted molar refractivity (Wildman–Crippen MR) is 90.7 cm³/mol. The number of methoxy groups -OCH3 is 1. The van der Waals surface area contributed by atoms with Gasteiger partial charge in [-0.15, -0.1) is 0 Å². The average Bonchev–Trinajstić information content (AvgIpc) is 2.53. The summed E-state index contributed by atoms with van der Waals surface area (Å²) < 4.78 is 11.2. The fourth-order valence-corrected chi connectivity index (χ4v) is 3.65. The lowest BCUT2D eigenvalue weighted by Crippen LogP contribution is -2.42. The van der Waals surface area contributed by atoms with E-state index in [2.05, 4.69) is 15.9 Å². The molecule has 0 aromatic heterocycles. The van der Waals surface area contributed by atoms with Crippen molar-refractivity contribution in [1.29, 1.82) is 0 Å². The van der Waals surface area contributed by atoms with E-state index in [1.54, 1.807) is 11.0 Å². The third kappa shape index (κ3) is 4.61. The highest BCUT2D eigenvalue weighted by molar-refractivity contribution is 9.10. The lowest BCUT2D eigenvalue weighted by Gasteiger charge is -2.30. The first-order valence-electron chi connectivity index (χ1n) is 7.36. The molecule has 2 rings (SSSR count). The lowest BCUT2D eigenvalue weighted by atomic mass is 9.97. The standard InChI is InChI=1S/C16H19BrClNO4/c1-10-7-12(17)8-13(18)15(10)23-9-14(20)19-5-3-11(4-6-19)16(21)22-2/h7-8,11H,3-6,9H2,1-2H3. The molecular formula is C16H19BrClNO4. The molecule has 1 aliphatic heterocycles. The number of amides is 1. The second kappa shape index (κ2) is 8.02. The highest BCUT2D eigenvalue weighted by Crippen LogP contribution is 2.32. The zero-order valence-corrected chi connectivity index (χ0v) is 15.4. The summed E-state index contributed by atoms with van der Waals surface area (Å²) in [5, 5.41) is 0.467. The molecule has 23 heavy (non-hydrogen) atoms. The van der Waals surface area contributed by atoms with Gasteiger partial charge in [-0.05, 0) is 37.5 Å². The Labute approximate surface area is 149 Å². The van der Waals surface area contributed by atoms with Crippen molar-refractivity contribution in [2.75, 3.05) is 26.8 Å². The number of rotatable bonds is 4. The predicted octanol–water partition coefficient (Wildman–Crippen LogP) is 3.20. The Morgan fingerprint density at radius 3 is 2.57 bits per heavy atom. The minimum absolute atomic E-state index is 0.0644. The number of likely N-dealkylation sites (tertiary alicyclic amines) is 1. The van der Waals surface area contributed by atoms with Crippen molar-refractivity contribution >= 4 is 39.4 Å². The van der Waals surface area contributed by atoms with Crippen molar-refractivity contribution in [2.24, 2.45) is 5.92 Å². The molecule has 1 aromatic carbocycles. The van der Waals surface area contributed by atoms with Gasteiger partial charge in [-0.25, -0.2) is 0 Å². The Kier molecular flexibility index (Phi) is 6.30. The largest absolute Gasteiger partial charge is 0.482 e. The first kappa shape index (κ1) is 18.1.